The second kappa shape index (κ2) is 7.31. The average molecular weight is 380 g/mol. The molecule has 0 saturated heterocycles. The maximum Gasteiger partial charge on any atom is 0.244 e. The summed E-state index contributed by atoms with van der Waals surface area (Å²) in [5.74, 6) is -0.118. The minimum absolute atomic E-state index is 0.118. The topological polar surface area (TPSA) is 70.7 Å². The van der Waals surface area contributed by atoms with Gasteiger partial charge in [0.1, 0.15) is 5.25 Å². The molecule has 0 spiro atoms. The van der Waals surface area contributed by atoms with Crippen LogP contribution in [0.1, 0.15) is 16.4 Å². The first-order valence-corrected chi connectivity index (χ1v) is 9.83. The summed E-state index contributed by atoms with van der Waals surface area (Å²) in [6.07, 6.45) is 1.67. The van der Waals surface area contributed by atoms with Gasteiger partial charge in [0, 0.05) is 11.6 Å². The van der Waals surface area contributed by atoms with Crippen molar-refractivity contribution in [2.24, 2.45) is 0 Å². The number of hydrogen-bond acceptors (Lipinski definition) is 5. The Balaban J connectivity index is 1.64. The lowest BCUT2D eigenvalue weighted by Crippen LogP contribution is -2.19. The van der Waals surface area contributed by atoms with Crippen LogP contribution in [0.15, 0.2) is 65.3 Å². The molecule has 0 aliphatic carbocycles. The molecule has 7 heteroatoms. The molecule has 2 aromatic heterocycles. The SMILES string of the molecule is Cc1ccc2nc(S[C@@H](C(=O)Nc3nccs3)c3ccccc3)[nH]c2c1. The number of aromatic amines is 1. The van der Waals surface area contributed by atoms with Crippen LogP contribution in [0.4, 0.5) is 5.13 Å². The molecular formula is C19H16N4OS2. The largest absolute Gasteiger partial charge is 0.333 e. The number of nitrogens with zero attached hydrogens (tertiary/aromatic N) is 2. The van der Waals surface area contributed by atoms with Crippen LogP contribution in [0.2, 0.25) is 0 Å². The van der Waals surface area contributed by atoms with Crippen LogP contribution in [0.25, 0.3) is 11.0 Å². The van der Waals surface area contributed by atoms with Crippen molar-refractivity contribution in [1.82, 2.24) is 15.0 Å². The highest BCUT2D eigenvalue weighted by molar-refractivity contribution is 8.00. The Labute approximate surface area is 158 Å². The molecule has 0 radical (unpaired) electrons. The third kappa shape index (κ3) is 3.63. The average Bonchev–Trinajstić information content (AvgIpc) is 3.29. The molecule has 0 unspecified atom stereocenters. The molecule has 26 heavy (non-hydrogen) atoms. The van der Waals surface area contributed by atoms with Gasteiger partial charge >= 0.3 is 0 Å². The van der Waals surface area contributed by atoms with Crippen molar-refractivity contribution in [2.75, 3.05) is 5.32 Å². The van der Waals surface area contributed by atoms with Crippen molar-refractivity contribution in [1.29, 1.82) is 0 Å². The maximum absolute atomic E-state index is 12.9. The van der Waals surface area contributed by atoms with Gasteiger partial charge in [-0.3, -0.25) is 4.79 Å². The van der Waals surface area contributed by atoms with Gasteiger partial charge in [0.15, 0.2) is 10.3 Å². The van der Waals surface area contributed by atoms with Gasteiger partial charge in [-0.2, -0.15) is 0 Å². The summed E-state index contributed by atoms with van der Waals surface area (Å²) in [6.45, 7) is 2.04. The number of nitrogens with one attached hydrogen (secondary N) is 2. The first-order chi connectivity index (χ1) is 12.7. The van der Waals surface area contributed by atoms with Crippen LogP contribution < -0.4 is 5.32 Å². The van der Waals surface area contributed by atoms with E-state index < -0.39 is 5.25 Å². The number of carbonyl (C=O) groups is 1. The van der Waals surface area contributed by atoms with Crippen LogP contribution in [-0.4, -0.2) is 20.9 Å². The number of rotatable bonds is 5. The smallest absolute Gasteiger partial charge is 0.244 e. The number of imidazole rings is 1. The van der Waals surface area contributed by atoms with Gasteiger partial charge in [0.05, 0.1) is 11.0 Å². The number of aromatic nitrogens is 3. The van der Waals surface area contributed by atoms with Crippen molar-refractivity contribution < 1.29 is 4.79 Å². The summed E-state index contributed by atoms with van der Waals surface area (Å²) < 4.78 is 0. The van der Waals surface area contributed by atoms with E-state index in [9.17, 15) is 4.79 Å². The zero-order valence-electron chi connectivity index (χ0n) is 14.0. The third-order valence-corrected chi connectivity index (χ3v) is 5.68. The highest BCUT2D eigenvalue weighted by Gasteiger charge is 2.24. The standard InChI is InChI=1S/C19H16N4OS2/c1-12-7-8-14-15(11-12)22-19(21-14)26-16(13-5-3-2-4-6-13)17(24)23-18-20-9-10-25-18/h2-11,16H,1H3,(H,21,22)(H,20,23,24)/t16-/m1/s1. The van der Waals surface area contributed by atoms with E-state index in [4.69, 9.17) is 0 Å². The van der Waals surface area contributed by atoms with Crippen LogP contribution in [0.5, 0.6) is 0 Å². The van der Waals surface area contributed by atoms with Gasteiger partial charge in [-0.25, -0.2) is 9.97 Å². The molecule has 1 amide bonds. The monoisotopic (exact) mass is 380 g/mol. The summed E-state index contributed by atoms with van der Waals surface area (Å²) >= 11 is 2.80. The molecule has 2 N–H and O–H groups in total. The molecule has 130 valence electrons. The van der Waals surface area contributed by atoms with Crippen LogP contribution in [0.3, 0.4) is 0 Å². The Kier molecular flexibility index (Phi) is 4.73. The molecule has 1 atom stereocenters. The van der Waals surface area contributed by atoms with E-state index in [0.717, 1.165) is 16.6 Å². The molecule has 0 aliphatic rings. The molecule has 2 aromatic carbocycles. The quantitative estimate of drug-likeness (QED) is 0.488. The maximum atomic E-state index is 12.9. The molecule has 0 bridgehead atoms. The number of H-pyrrole nitrogens is 1. The highest BCUT2D eigenvalue weighted by atomic mass is 32.2. The molecule has 4 aromatic rings. The number of benzene rings is 2. The minimum Gasteiger partial charge on any atom is -0.333 e. The van der Waals surface area contributed by atoms with Crippen molar-refractivity contribution in [3.63, 3.8) is 0 Å². The Morgan fingerprint density at radius 2 is 2.08 bits per heavy atom. The molecule has 4 rings (SSSR count). The zero-order chi connectivity index (χ0) is 17.9. The van der Waals surface area contributed by atoms with Gasteiger partial charge < -0.3 is 10.3 Å². The molecule has 5 nitrogen and oxygen atoms in total. The predicted octanol–water partition coefficient (Wildman–Crippen LogP) is 4.80. The van der Waals surface area contributed by atoms with Gasteiger partial charge in [0.25, 0.3) is 0 Å². The Bertz CT molecular complexity index is 1030. The number of fused-ring (bicyclic) bond motifs is 1. The van der Waals surface area contributed by atoms with Gasteiger partial charge in [-0.15, -0.1) is 11.3 Å². The lowest BCUT2D eigenvalue weighted by molar-refractivity contribution is -0.115. The number of thioether (sulfide) groups is 1. The normalized spacial score (nSPS) is 12.2. The van der Waals surface area contributed by atoms with Gasteiger partial charge in [-0.05, 0) is 30.2 Å². The highest BCUT2D eigenvalue weighted by Crippen LogP contribution is 2.35. The van der Waals surface area contributed by atoms with Gasteiger partial charge in [-0.1, -0.05) is 48.2 Å². The van der Waals surface area contributed by atoms with Gasteiger partial charge in [0.2, 0.25) is 5.91 Å². The van der Waals surface area contributed by atoms with E-state index in [0.29, 0.717) is 10.3 Å². The van der Waals surface area contributed by atoms with Crippen molar-refractivity contribution in [3.05, 3.63) is 71.2 Å². The molecular weight excluding hydrogens is 364 g/mol. The van der Waals surface area contributed by atoms with E-state index in [1.807, 2.05) is 54.8 Å². The van der Waals surface area contributed by atoms with E-state index in [2.05, 4.69) is 26.3 Å². The number of thiazole rings is 1. The minimum atomic E-state index is -0.429. The van der Waals surface area contributed by atoms with E-state index in [1.54, 1.807) is 6.20 Å². The van der Waals surface area contributed by atoms with Crippen molar-refractivity contribution >= 4 is 45.2 Å². The number of amides is 1. The first kappa shape index (κ1) is 16.8. The lowest BCUT2D eigenvalue weighted by Gasteiger charge is -2.14. The van der Waals surface area contributed by atoms with Crippen molar-refractivity contribution in [3.8, 4) is 0 Å². The predicted molar refractivity (Wildman–Crippen MR) is 107 cm³/mol. The van der Waals surface area contributed by atoms with Crippen molar-refractivity contribution in [2.45, 2.75) is 17.3 Å². The van der Waals surface area contributed by atoms with E-state index in [-0.39, 0.29) is 5.91 Å². The zero-order valence-corrected chi connectivity index (χ0v) is 15.6. The number of anilines is 1. The fraction of sp³-hybridized carbons (Fsp3) is 0.105. The Morgan fingerprint density at radius 3 is 2.85 bits per heavy atom. The lowest BCUT2D eigenvalue weighted by atomic mass is 10.1. The fourth-order valence-corrected chi connectivity index (χ4v) is 4.16. The Morgan fingerprint density at radius 1 is 1.23 bits per heavy atom. The number of hydrogen-bond donors (Lipinski definition) is 2. The summed E-state index contributed by atoms with van der Waals surface area (Å²) in [6, 6.07) is 15.8. The summed E-state index contributed by atoms with van der Waals surface area (Å²) in [7, 11) is 0. The summed E-state index contributed by atoms with van der Waals surface area (Å²) in [4.78, 5) is 24.9. The second-order valence-corrected chi connectivity index (χ2v) is 7.79. The third-order valence-electron chi connectivity index (χ3n) is 3.85. The van der Waals surface area contributed by atoms with Crippen LogP contribution in [0, 0.1) is 6.92 Å². The molecule has 0 saturated carbocycles. The first-order valence-electron chi connectivity index (χ1n) is 8.07. The molecule has 2 heterocycles. The Hall–Kier alpha value is -2.64. The number of carbonyl (C=O) groups excluding carboxylic acids is 1. The van der Waals surface area contributed by atoms with E-state index >= 15 is 0 Å². The summed E-state index contributed by atoms with van der Waals surface area (Å²) in [5, 5.41) is 5.61. The second-order valence-electron chi connectivity index (χ2n) is 5.80. The molecule has 0 aliphatic heterocycles. The van der Waals surface area contributed by atoms with E-state index in [1.165, 1.54) is 28.7 Å². The number of aryl methyl sites for hydroxylation is 1. The fourth-order valence-electron chi connectivity index (χ4n) is 2.62. The summed E-state index contributed by atoms with van der Waals surface area (Å²) in [5.41, 5.74) is 3.95. The van der Waals surface area contributed by atoms with Crippen LogP contribution >= 0.6 is 23.1 Å². The molecule has 0 fully saturated rings. The van der Waals surface area contributed by atoms with Crippen LogP contribution in [-0.2, 0) is 4.79 Å².